The Morgan fingerprint density at radius 3 is 2.50 bits per heavy atom. The van der Waals surface area contributed by atoms with Crippen LogP contribution >= 0.6 is 24.8 Å². The molecule has 0 saturated carbocycles. The minimum absolute atomic E-state index is 0. The molecule has 2 heterocycles. The monoisotopic (exact) mass is 325 g/mol. The minimum atomic E-state index is 0. The summed E-state index contributed by atoms with van der Waals surface area (Å²) >= 11 is 0. The van der Waals surface area contributed by atoms with E-state index in [0.717, 1.165) is 39.1 Å². The van der Waals surface area contributed by atoms with Gasteiger partial charge in [0.05, 0.1) is 0 Å². The van der Waals surface area contributed by atoms with Gasteiger partial charge in [-0.1, -0.05) is 13.3 Å². The van der Waals surface area contributed by atoms with Crippen LogP contribution in [0.3, 0.4) is 0 Å². The molecule has 0 aromatic rings. The van der Waals surface area contributed by atoms with Gasteiger partial charge in [0.15, 0.2) is 0 Å². The zero-order chi connectivity index (χ0) is 12.8. The SMILES string of the molecule is CC1CNCCN(CCCN2CCCCC2)C1=O.Cl.Cl. The quantitative estimate of drug-likeness (QED) is 0.855. The Bertz CT molecular complexity index is 273. The van der Waals surface area contributed by atoms with E-state index in [-0.39, 0.29) is 30.7 Å². The van der Waals surface area contributed by atoms with Crippen molar-refractivity contribution in [3.63, 3.8) is 0 Å². The van der Waals surface area contributed by atoms with Crippen molar-refractivity contribution in [1.29, 1.82) is 0 Å². The lowest BCUT2D eigenvalue weighted by Gasteiger charge is -2.28. The number of nitrogens with zero attached hydrogens (tertiary/aromatic N) is 2. The third-order valence-electron chi connectivity index (χ3n) is 4.09. The van der Waals surface area contributed by atoms with Crippen LogP contribution < -0.4 is 5.32 Å². The molecule has 0 bridgehead atoms. The van der Waals surface area contributed by atoms with Gasteiger partial charge in [0.2, 0.25) is 5.91 Å². The highest BCUT2D eigenvalue weighted by Gasteiger charge is 2.22. The average Bonchev–Trinajstić information content (AvgIpc) is 2.55. The lowest BCUT2D eigenvalue weighted by Crippen LogP contribution is -2.38. The van der Waals surface area contributed by atoms with Crippen molar-refractivity contribution in [3.05, 3.63) is 0 Å². The van der Waals surface area contributed by atoms with Crippen LogP contribution in [0.15, 0.2) is 0 Å². The first-order chi connectivity index (χ1) is 8.77. The second kappa shape index (κ2) is 10.7. The van der Waals surface area contributed by atoms with Gasteiger partial charge in [-0.25, -0.2) is 0 Å². The number of hydrogen-bond acceptors (Lipinski definition) is 3. The van der Waals surface area contributed by atoms with Crippen molar-refractivity contribution in [2.75, 3.05) is 45.8 Å². The fourth-order valence-electron chi connectivity index (χ4n) is 2.93. The van der Waals surface area contributed by atoms with Crippen LogP contribution in [-0.4, -0.2) is 61.5 Å². The number of halogens is 2. The fraction of sp³-hybridized carbons (Fsp3) is 0.929. The maximum Gasteiger partial charge on any atom is 0.226 e. The molecule has 0 spiro atoms. The Morgan fingerprint density at radius 1 is 1.10 bits per heavy atom. The summed E-state index contributed by atoms with van der Waals surface area (Å²) in [7, 11) is 0. The molecule has 2 rings (SSSR count). The molecule has 6 heteroatoms. The Kier molecular flexibility index (Phi) is 10.6. The first-order valence-corrected chi connectivity index (χ1v) is 7.49. The molecule has 1 unspecified atom stereocenters. The van der Waals surface area contributed by atoms with E-state index in [1.807, 2.05) is 6.92 Å². The van der Waals surface area contributed by atoms with E-state index in [4.69, 9.17) is 0 Å². The van der Waals surface area contributed by atoms with Crippen LogP contribution in [0, 0.1) is 5.92 Å². The summed E-state index contributed by atoms with van der Waals surface area (Å²) in [5.41, 5.74) is 0. The highest BCUT2D eigenvalue weighted by atomic mass is 35.5. The lowest BCUT2D eigenvalue weighted by molar-refractivity contribution is -0.134. The predicted molar refractivity (Wildman–Crippen MR) is 88.0 cm³/mol. The summed E-state index contributed by atoms with van der Waals surface area (Å²) in [6.45, 7) is 9.29. The van der Waals surface area contributed by atoms with E-state index >= 15 is 0 Å². The second-order valence-corrected chi connectivity index (χ2v) is 5.69. The summed E-state index contributed by atoms with van der Waals surface area (Å²) < 4.78 is 0. The molecule has 4 nitrogen and oxygen atoms in total. The summed E-state index contributed by atoms with van der Waals surface area (Å²) in [6, 6.07) is 0. The smallest absolute Gasteiger partial charge is 0.226 e. The number of carbonyl (C=O) groups excluding carboxylic acids is 1. The predicted octanol–water partition coefficient (Wildman–Crippen LogP) is 1.77. The largest absolute Gasteiger partial charge is 0.341 e. The molecule has 1 N–H and O–H groups in total. The summed E-state index contributed by atoms with van der Waals surface area (Å²) in [5, 5.41) is 3.32. The Hall–Kier alpha value is -0.0300. The number of piperidine rings is 1. The van der Waals surface area contributed by atoms with Crippen LogP contribution in [0.4, 0.5) is 0 Å². The molecule has 2 fully saturated rings. The van der Waals surface area contributed by atoms with Gasteiger partial charge in [0.1, 0.15) is 0 Å². The lowest BCUT2D eigenvalue weighted by atomic mass is 10.1. The van der Waals surface area contributed by atoms with Gasteiger partial charge in [-0.05, 0) is 38.9 Å². The zero-order valence-corrected chi connectivity index (χ0v) is 14.1. The molecule has 2 aliphatic rings. The molecular weight excluding hydrogens is 297 g/mol. The first kappa shape index (κ1) is 20.0. The highest BCUT2D eigenvalue weighted by molar-refractivity contribution is 5.85. The summed E-state index contributed by atoms with van der Waals surface area (Å²) in [4.78, 5) is 16.7. The van der Waals surface area contributed by atoms with E-state index in [0.29, 0.717) is 5.91 Å². The normalized spacial score (nSPS) is 24.6. The van der Waals surface area contributed by atoms with Crippen LogP contribution in [0.5, 0.6) is 0 Å². The van der Waals surface area contributed by atoms with E-state index < -0.39 is 0 Å². The van der Waals surface area contributed by atoms with Crippen molar-refractivity contribution < 1.29 is 4.79 Å². The average molecular weight is 326 g/mol. The standard InChI is InChI=1S/C14H27N3O.2ClH/c1-13-12-15-6-11-17(14(13)18)10-5-9-16-7-3-2-4-8-16;;/h13,15H,2-12H2,1H3;2*1H. The number of carbonyl (C=O) groups is 1. The number of amides is 1. The molecular formula is C14H29Cl2N3O. The van der Waals surface area contributed by atoms with Gasteiger partial charge in [-0.3, -0.25) is 4.79 Å². The minimum Gasteiger partial charge on any atom is -0.341 e. The van der Waals surface area contributed by atoms with Gasteiger partial charge in [0.25, 0.3) is 0 Å². The van der Waals surface area contributed by atoms with E-state index in [9.17, 15) is 4.79 Å². The van der Waals surface area contributed by atoms with Crippen molar-refractivity contribution in [3.8, 4) is 0 Å². The second-order valence-electron chi connectivity index (χ2n) is 5.69. The number of nitrogens with one attached hydrogen (secondary N) is 1. The highest BCUT2D eigenvalue weighted by Crippen LogP contribution is 2.10. The van der Waals surface area contributed by atoms with E-state index in [1.54, 1.807) is 0 Å². The molecule has 120 valence electrons. The molecule has 1 atom stereocenters. The number of hydrogen-bond donors (Lipinski definition) is 1. The molecule has 2 saturated heterocycles. The Labute approximate surface area is 135 Å². The molecule has 2 aliphatic heterocycles. The van der Waals surface area contributed by atoms with Crippen LogP contribution in [0.25, 0.3) is 0 Å². The fourth-order valence-corrected chi connectivity index (χ4v) is 2.93. The Balaban J connectivity index is 0.00000180. The van der Waals surface area contributed by atoms with E-state index in [1.165, 1.54) is 32.4 Å². The number of rotatable bonds is 4. The van der Waals surface area contributed by atoms with E-state index in [2.05, 4.69) is 15.1 Å². The molecule has 0 aromatic heterocycles. The van der Waals surface area contributed by atoms with Gasteiger partial charge < -0.3 is 15.1 Å². The van der Waals surface area contributed by atoms with Crippen LogP contribution in [-0.2, 0) is 4.79 Å². The van der Waals surface area contributed by atoms with Gasteiger partial charge in [-0.2, -0.15) is 0 Å². The maximum atomic E-state index is 12.1. The molecule has 0 aliphatic carbocycles. The van der Waals surface area contributed by atoms with Crippen LogP contribution in [0.2, 0.25) is 0 Å². The maximum absolute atomic E-state index is 12.1. The summed E-state index contributed by atoms with van der Waals surface area (Å²) in [6.07, 6.45) is 5.22. The summed E-state index contributed by atoms with van der Waals surface area (Å²) in [5.74, 6) is 0.473. The van der Waals surface area contributed by atoms with Crippen molar-refractivity contribution in [2.45, 2.75) is 32.6 Å². The number of likely N-dealkylation sites (tertiary alicyclic amines) is 1. The third kappa shape index (κ3) is 6.17. The zero-order valence-electron chi connectivity index (χ0n) is 12.5. The molecule has 0 aromatic carbocycles. The third-order valence-corrected chi connectivity index (χ3v) is 4.09. The molecule has 1 amide bonds. The van der Waals surface area contributed by atoms with Gasteiger partial charge >= 0.3 is 0 Å². The van der Waals surface area contributed by atoms with Crippen molar-refractivity contribution in [1.82, 2.24) is 15.1 Å². The molecule has 0 radical (unpaired) electrons. The van der Waals surface area contributed by atoms with Crippen LogP contribution in [0.1, 0.15) is 32.6 Å². The topological polar surface area (TPSA) is 35.6 Å². The van der Waals surface area contributed by atoms with Gasteiger partial charge in [-0.15, -0.1) is 24.8 Å². The first-order valence-electron chi connectivity index (χ1n) is 7.49. The molecule has 20 heavy (non-hydrogen) atoms. The van der Waals surface area contributed by atoms with Crippen molar-refractivity contribution >= 4 is 30.7 Å². The Morgan fingerprint density at radius 2 is 1.80 bits per heavy atom. The van der Waals surface area contributed by atoms with Crippen molar-refractivity contribution in [2.24, 2.45) is 5.92 Å². The van der Waals surface area contributed by atoms with Gasteiger partial charge in [0, 0.05) is 32.1 Å².